The van der Waals surface area contributed by atoms with Crippen molar-refractivity contribution in [1.29, 1.82) is 0 Å². The van der Waals surface area contributed by atoms with Crippen LogP contribution in [0.5, 0.6) is 0 Å². The minimum absolute atomic E-state index is 0.00101. The van der Waals surface area contributed by atoms with Crippen LogP contribution in [0.15, 0.2) is 6.07 Å². The van der Waals surface area contributed by atoms with Gasteiger partial charge in [0.05, 0.1) is 18.1 Å². The van der Waals surface area contributed by atoms with E-state index in [0.29, 0.717) is 25.0 Å². The zero-order chi connectivity index (χ0) is 15.2. The summed E-state index contributed by atoms with van der Waals surface area (Å²) < 4.78 is 5.41. The van der Waals surface area contributed by atoms with Crippen molar-refractivity contribution < 1.29 is 14.6 Å². The van der Waals surface area contributed by atoms with Crippen molar-refractivity contribution in [1.82, 2.24) is 5.32 Å². The van der Waals surface area contributed by atoms with Crippen molar-refractivity contribution in [2.75, 3.05) is 19.8 Å². The zero-order valence-corrected chi connectivity index (χ0v) is 13.7. The number of carbonyl (C=O) groups excluding carboxylic acids is 1. The van der Waals surface area contributed by atoms with E-state index < -0.39 is 0 Å². The molecule has 1 aliphatic rings. The first-order valence-electron chi connectivity index (χ1n) is 7.68. The molecule has 0 aromatic carbocycles. The van der Waals surface area contributed by atoms with Crippen molar-refractivity contribution in [3.63, 3.8) is 0 Å². The fraction of sp³-hybridized carbons (Fsp3) is 0.688. The van der Waals surface area contributed by atoms with Gasteiger partial charge in [0.15, 0.2) is 0 Å². The summed E-state index contributed by atoms with van der Waals surface area (Å²) in [5.41, 5.74) is 1.16. The number of carbonyl (C=O) groups is 1. The van der Waals surface area contributed by atoms with Gasteiger partial charge in [-0.2, -0.15) is 0 Å². The van der Waals surface area contributed by atoms with Gasteiger partial charge in [0.2, 0.25) is 0 Å². The molecule has 1 aliphatic heterocycles. The lowest BCUT2D eigenvalue weighted by atomic mass is 9.94. The summed E-state index contributed by atoms with van der Waals surface area (Å²) in [6.45, 7) is 6.52. The van der Waals surface area contributed by atoms with E-state index in [0.717, 1.165) is 36.3 Å². The first-order valence-corrected chi connectivity index (χ1v) is 8.50. The van der Waals surface area contributed by atoms with Gasteiger partial charge < -0.3 is 15.2 Å². The summed E-state index contributed by atoms with van der Waals surface area (Å²) in [4.78, 5) is 14.3. The Morgan fingerprint density at radius 3 is 3.00 bits per heavy atom. The quantitative estimate of drug-likeness (QED) is 0.814. The third-order valence-electron chi connectivity index (χ3n) is 3.74. The van der Waals surface area contributed by atoms with Gasteiger partial charge >= 0.3 is 0 Å². The molecule has 5 heteroatoms. The van der Waals surface area contributed by atoms with Crippen LogP contribution in [0.2, 0.25) is 0 Å². The molecular weight excluding hydrogens is 286 g/mol. The number of amides is 1. The summed E-state index contributed by atoms with van der Waals surface area (Å²) >= 11 is 1.58. The number of thiophene rings is 1. The maximum Gasteiger partial charge on any atom is 0.261 e. The summed E-state index contributed by atoms with van der Waals surface area (Å²) in [5.74, 6) is 0.919. The molecule has 0 fully saturated rings. The van der Waals surface area contributed by atoms with Crippen molar-refractivity contribution in [2.45, 2.75) is 39.7 Å². The Morgan fingerprint density at radius 1 is 1.52 bits per heavy atom. The smallest absolute Gasteiger partial charge is 0.261 e. The zero-order valence-electron chi connectivity index (χ0n) is 12.9. The number of rotatable bonds is 7. The topological polar surface area (TPSA) is 58.6 Å². The van der Waals surface area contributed by atoms with E-state index in [4.69, 9.17) is 9.84 Å². The number of fused-ring (bicyclic) bond motifs is 1. The molecule has 2 rings (SSSR count). The highest BCUT2D eigenvalue weighted by Crippen LogP contribution is 2.27. The molecule has 0 radical (unpaired) electrons. The summed E-state index contributed by atoms with van der Waals surface area (Å²) in [6.07, 6.45) is 2.68. The number of ether oxygens (including phenoxy) is 1. The second-order valence-corrected chi connectivity index (χ2v) is 7.22. The van der Waals surface area contributed by atoms with Gasteiger partial charge in [-0.1, -0.05) is 13.8 Å². The first-order chi connectivity index (χ1) is 10.1. The SMILES string of the molecule is CC(C)CC(CCO)CNC(=O)c1cc2c(s1)CCOC2. The van der Waals surface area contributed by atoms with E-state index >= 15 is 0 Å². The summed E-state index contributed by atoms with van der Waals surface area (Å²) in [6, 6.07) is 1.96. The molecule has 1 aromatic heterocycles. The van der Waals surface area contributed by atoms with Crippen LogP contribution in [0.3, 0.4) is 0 Å². The predicted molar refractivity (Wildman–Crippen MR) is 84.7 cm³/mol. The van der Waals surface area contributed by atoms with Crippen LogP contribution in [0.25, 0.3) is 0 Å². The lowest BCUT2D eigenvalue weighted by Gasteiger charge is -2.18. The lowest BCUT2D eigenvalue weighted by molar-refractivity contribution is 0.0945. The van der Waals surface area contributed by atoms with E-state index in [2.05, 4.69) is 19.2 Å². The number of aliphatic hydroxyl groups is 1. The fourth-order valence-electron chi connectivity index (χ4n) is 2.74. The van der Waals surface area contributed by atoms with Crippen molar-refractivity contribution >= 4 is 17.2 Å². The largest absolute Gasteiger partial charge is 0.396 e. The summed E-state index contributed by atoms with van der Waals surface area (Å²) in [5, 5.41) is 12.1. The molecule has 21 heavy (non-hydrogen) atoms. The fourth-order valence-corrected chi connectivity index (χ4v) is 3.80. The molecule has 4 nitrogen and oxygen atoms in total. The molecule has 1 amide bonds. The third kappa shape index (κ3) is 4.80. The molecule has 2 N–H and O–H groups in total. The van der Waals surface area contributed by atoms with Gasteiger partial charge in [-0.25, -0.2) is 0 Å². The Bertz CT molecular complexity index is 447. The normalized spacial score (nSPS) is 15.8. The maximum atomic E-state index is 12.3. The molecule has 1 atom stereocenters. The predicted octanol–water partition coefficient (Wildman–Crippen LogP) is 2.60. The lowest BCUT2D eigenvalue weighted by Crippen LogP contribution is -2.30. The Morgan fingerprint density at radius 2 is 2.33 bits per heavy atom. The minimum Gasteiger partial charge on any atom is -0.396 e. The van der Waals surface area contributed by atoms with E-state index in [1.165, 1.54) is 4.88 Å². The molecule has 0 saturated carbocycles. The van der Waals surface area contributed by atoms with Crippen molar-refractivity contribution in [2.24, 2.45) is 11.8 Å². The van der Waals surface area contributed by atoms with Gasteiger partial charge in [0, 0.05) is 24.4 Å². The third-order valence-corrected chi connectivity index (χ3v) is 4.98. The molecule has 0 spiro atoms. The van der Waals surface area contributed by atoms with E-state index in [1.807, 2.05) is 6.07 Å². The van der Waals surface area contributed by atoms with Crippen LogP contribution >= 0.6 is 11.3 Å². The van der Waals surface area contributed by atoms with E-state index in [-0.39, 0.29) is 12.5 Å². The highest BCUT2D eigenvalue weighted by molar-refractivity contribution is 7.14. The monoisotopic (exact) mass is 311 g/mol. The standard InChI is InChI=1S/C16H25NO3S/c1-11(2)7-12(3-5-18)9-17-16(19)15-8-13-10-20-6-4-14(13)21-15/h8,11-12,18H,3-7,9-10H2,1-2H3,(H,17,19). The molecule has 1 unspecified atom stereocenters. The first kappa shape index (κ1) is 16.5. The van der Waals surface area contributed by atoms with Gasteiger partial charge in [0.25, 0.3) is 5.91 Å². The van der Waals surface area contributed by atoms with Crippen LogP contribution in [-0.4, -0.2) is 30.8 Å². The number of hydrogen-bond acceptors (Lipinski definition) is 4. The maximum absolute atomic E-state index is 12.3. The Hall–Kier alpha value is -0.910. The molecule has 0 saturated heterocycles. The van der Waals surface area contributed by atoms with Crippen molar-refractivity contribution in [3.05, 3.63) is 21.4 Å². The average molecular weight is 311 g/mol. The van der Waals surface area contributed by atoms with Crippen LogP contribution in [0.4, 0.5) is 0 Å². The summed E-state index contributed by atoms with van der Waals surface area (Å²) in [7, 11) is 0. The van der Waals surface area contributed by atoms with Crippen LogP contribution < -0.4 is 5.32 Å². The van der Waals surface area contributed by atoms with Crippen LogP contribution in [0.1, 0.15) is 46.8 Å². The Balaban J connectivity index is 1.89. The Labute approximate surface area is 130 Å². The van der Waals surface area contributed by atoms with Gasteiger partial charge in [0.1, 0.15) is 0 Å². The van der Waals surface area contributed by atoms with E-state index in [9.17, 15) is 4.79 Å². The number of nitrogens with one attached hydrogen (secondary N) is 1. The highest BCUT2D eigenvalue weighted by Gasteiger charge is 2.18. The van der Waals surface area contributed by atoms with Crippen LogP contribution in [0, 0.1) is 11.8 Å². The number of aliphatic hydroxyl groups excluding tert-OH is 1. The highest BCUT2D eigenvalue weighted by atomic mass is 32.1. The second kappa shape index (κ2) is 7.92. The van der Waals surface area contributed by atoms with Gasteiger partial charge in [-0.3, -0.25) is 4.79 Å². The molecule has 0 bridgehead atoms. The molecule has 118 valence electrons. The number of hydrogen-bond donors (Lipinski definition) is 2. The molecule has 1 aromatic rings. The average Bonchev–Trinajstić information content (AvgIpc) is 2.88. The molecule has 2 heterocycles. The van der Waals surface area contributed by atoms with Crippen molar-refractivity contribution in [3.8, 4) is 0 Å². The minimum atomic E-state index is 0.00101. The Kier molecular flexibility index (Phi) is 6.21. The van der Waals surface area contributed by atoms with Gasteiger partial charge in [-0.15, -0.1) is 11.3 Å². The second-order valence-electron chi connectivity index (χ2n) is 6.08. The van der Waals surface area contributed by atoms with Crippen LogP contribution in [-0.2, 0) is 17.8 Å². The van der Waals surface area contributed by atoms with Gasteiger partial charge in [-0.05, 0) is 36.3 Å². The molecular formula is C16H25NO3S. The molecule has 0 aliphatic carbocycles. The van der Waals surface area contributed by atoms with E-state index in [1.54, 1.807) is 11.3 Å².